The molecule has 3 atom stereocenters. The molecule has 0 unspecified atom stereocenters. The first-order valence-corrected chi connectivity index (χ1v) is 4.13. The monoisotopic (exact) mass is 141 g/mol. The molecular weight excluding hydrogens is 126 g/mol. The highest BCUT2D eigenvalue weighted by Crippen LogP contribution is 2.52. The van der Waals surface area contributed by atoms with Crippen LogP contribution in [-0.4, -0.2) is 17.8 Å². The molecule has 0 heterocycles. The van der Waals surface area contributed by atoms with Gasteiger partial charge in [0.2, 0.25) is 0 Å². The number of fused-ring (bicyclic) bond motifs is 2. The van der Waals surface area contributed by atoms with E-state index in [1.807, 2.05) is 0 Å². The van der Waals surface area contributed by atoms with Gasteiger partial charge in [-0.2, -0.15) is 0 Å². The van der Waals surface area contributed by atoms with E-state index in [2.05, 4.69) is 0 Å². The predicted molar refractivity (Wildman–Crippen MR) is 39.5 cm³/mol. The normalized spacial score (nSPS) is 52.2. The number of nitrogens with two attached hydrogens (primary N) is 1. The summed E-state index contributed by atoms with van der Waals surface area (Å²) in [6, 6.07) is 0.288. The van der Waals surface area contributed by atoms with Gasteiger partial charge >= 0.3 is 0 Å². The Labute approximate surface area is 61.4 Å². The SMILES string of the molecule is N[C@H]1C[C@H]2CC[C@]1(CO)C2. The third kappa shape index (κ3) is 0.663. The molecular formula is C8H15NO. The summed E-state index contributed by atoms with van der Waals surface area (Å²) in [4.78, 5) is 0. The molecule has 0 spiro atoms. The van der Waals surface area contributed by atoms with E-state index in [-0.39, 0.29) is 11.5 Å². The van der Waals surface area contributed by atoms with Crippen molar-refractivity contribution in [1.29, 1.82) is 0 Å². The van der Waals surface area contributed by atoms with E-state index in [0.717, 1.165) is 18.8 Å². The molecule has 58 valence electrons. The van der Waals surface area contributed by atoms with Crippen LogP contribution in [0.2, 0.25) is 0 Å². The maximum absolute atomic E-state index is 9.13. The van der Waals surface area contributed by atoms with E-state index in [0.29, 0.717) is 6.61 Å². The van der Waals surface area contributed by atoms with Crippen molar-refractivity contribution in [2.75, 3.05) is 6.61 Å². The number of aliphatic hydroxyl groups excluding tert-OH is 1. The highest BCUT2D eigenvalue weighted by molar-refractivity contribution is 5.03. The molecule has 0 radical (unpaired) electrons. The first-order valence-electron chi connectivity index (χ1n) is 4.13. The minimum Gasteiger partial charge on any atom is -0.396 e. The molecule has 2 aliphatic carbocycles. The molecule has 2 saturated carbocycles. The lowest BCUT2D eigenvalue weighted by atomic mass is 9.81. The summed E-state index contributed by atoms with van der Waals surface area (Å²) in [6.07, 6.45) is 4.80. The fourth-order valence-electron chi connectivity index (χ4n) is 2.68. The van der Waals surface area contributed by atoms with Gasteiger partial charge in [-0.3, -0.25) is 0 Å². The number of hydrogen-bond acceptors (Lipinski definition) is 2. The first kappa shape index (κ1) is 6.62. The Balaban J connectivity index is 2.19. The van der Waals surface area contributed by atoms with Gasteiger partial charge in [0, 0.05) is 11.5 Å². The van der Waals surface area contributed by atoms with Crippen LogP contribution in [0.5, 0.6) is 0 Å². The van der Waals surface area contributed by atoms with Gasteiger partial charge in [-0.1, -0.05) is 0 Å². The van der Waals surface area contributed by atoms with Crippen LogP contribution < -0.4 is 5.73 Å². The van der Waals surface area contributed by atoms with Crippen LogP contribution >= 0.6 is 0 Å². The highest BCUT2D eigenvalue weighted by Gasteiger charge is 2.49. The van der Waals surface area contributed by atoms with E-state index in [1.54, 1.807) is 0 Å². The highest BCUT2D eigenvalue weighted by atomic mass is 16.3. The van der Waals surface area contributed by atoms with Crippen molar-refractivity contribution in [3.05, 3.63) is 0 Å². The molecule has 2 fully saturated rings. The minimum absolute atomic E-state index is 0.144. The quantitative estimate of drug-likeness (QED) is 0.558. The van der Waals surface area contributed by atoms with Gasteiger partial charge in [0.25, 0.3) is 0 Å². The molecule has 0 amide bonds. The Hall–Kier alpha value is -0.0800. The van der Waals surface area contributed by atoms with Crippen LogP contribution in [-0.2, 0) is 0 Å². The molecule has 10 heavy (non-hydrogen) atoms. The van der Waals surface area contributed by atoms with Gasteiger partial charge in [0.05, 0.1) is 6.61 Å². The Morgan fingerprint density at radius 3 is 2.70 bits per heavy atom. The van der Waals surface area contributed by atoms with Crippen molar-refractivity contribution >= 4 is 0 Å². The van der Waals surface area contributed by atoms with Gasteiger partial charge in [0.15, 0.2) is 0 Å². The van der Waals surface area contributed by atoms with Crippen molar-refractivity contribution in [1.82, 2.24) is 0 Å². The maximum Gasteiger partial charge on any atom is 0.0502 e. The molecule has 2 nitrogen and oxygen atoms in total. The Morgan fingerprint density at radius 2 is 2.40 bits per heavy atom. The average molecular weight is 141 g/mol. The predicted octanol–water partition coefficient (Wildman–Crippen LogP) is 0.496. The molecule has 2 rings (SSSR count). The summed E-state index contributed by atoms with van der Waals surface area (Å²) >= 11 is 0. The fourth-order valence-corrected chi connectivity index (χ4v) is 2.68. The first-order chi connectivity index (χ1) is 4.77. The largest absolute Gasteiger partial charge is 0.396 e. The second-order valence-electron chi connectivity index (χ2n) is 3.97. The van der Waals surface area contributed by atoms with Crippen LogP contribution in [0.25, 0.3) is 0 Å². The topological polar surface area (TPSA) is 46.2 Å². The van der Waals surface area contributed by atoms with Crippen molar-refractivity contribution in [3.8, 4) is 0 Å². The standard InChI is InChI=1S/C8H15NO/c9-7-3-6-1-2-8(7,4-6)5-10/h6-7,10H,1-5,9H2/t6-,7+,8-/m1/s1. The summed E-state index contributed by atoms with van der Waals surface area (Å²) in [5.41, 5.74) is 6.05. The smallest absolute Gasteiger partial charge is 0.0502 e. The fraction of sp³-hybridized carbons (Fsp3) is 1.00. The summed E-state index contributed by atoms with van der Waals surface area (Å²) < 4.78 is 0. The molecule has 0 aromatic rings. The number of aliphatic hydroxyl groups is 1. The van der Waals surface area contributed by atoms with Gasteiger partial charge in [0.1, 0.15) is 0 Å². The lowest BCUT2D eigenvalue weighted by molar-refractivity contribution is 0.115. The minimum atomic E-state index is 0.144. The summed E-state index contributed by atoms with van der Waals surface area (Å²) in [5, 5.41) is 9.13. The van der Waals surface area contributed by atoms with E-state index in [1.165, 1.54) is 12.8 Å². The van der Waals surface area contributed by atoms with Crippen molar-refractivity contribution in [3.63, 3.8) is 0 Å². The zero-order valence-electron chi connectivity index (χ0n) is 6.21. The van der Waals surface area contributed by atoms with Gasteiger partial charge < -0.3 is 10.8 Å². The number of rotatable bonds is 1. The zero-order valence-corrected chi connectivity index (χ0v) is 6.21. The van der Waals surface area contributed by atoms with Crippen LogP contribution in [0.15, 0.2) is 0 Å². The van der Waals surface area contributed by atoms with Crippen molar-refractivity contribution in [2.24, 2.45) is 17.1 Å². The third-order valence-corrected chi connectivity index (χ3v) is 3.43. The second kappa shape index (κ2) is 1.95. The maximum atomic E-state index is 9.13. The van der Waals surface area contributed by atoms with Gasteiger partial charge in [-0.15, -0.1) is 0 Å². The Bertz CT molecular complexity index is 148. The van der Waals surface area contributed by atoms with Gasteiger partial charge in [-0.05, 0) is 31.6 Å². The molecule has 3 N–H and O–H groups in total. The van der Waals surface area contributed by atoms with Crippen molar-refractivity contribution in [2.45, 2.75) is 31.7 Å². The molecule has 0 saturated heterocycles. The summed E-state index contributed by atoms with van der Waals surface area (Å²) in [7, 11) is 0. The lowest BCUT2D eigenvalue weighted by Crippen LogP contribution is -2.40. The Morgan fingerprint density at radius 1 is 1.60 bits per heavy atom. The van der Waals surface area contributed by atoms with E-state index in [4.69, 9.17) is 10.8 Å². The molecule has 0 aromatic heterocycles. The van der Waals surface area contributed by atoms with Crippen molar-refractivity contribution < 1.29 is 5.11 Å². The molecule has 2 heteroatoms. The molecule has 2 aliphatic rings. The number of hydrogen-bond donors (Lipinski definition) is 2. The summed E-state index contributed by atoms with van der Waals surface area (Å²) in [6.45, 7) is 0.310. The lowest BCUT2D eigenvalue weighted by Gasteiger charge is -2.30. The van der Waals surface area contributed by atoms with E-state index < -0.39 is 0 Å². The molecule has 0 aromatic carbocycles. The van der Waals surface area contributed by atoms with Crippen LogP contribution in [0.3, 0.4) is 0 Å². The zero-order chi connectivity index (χ0) is 7.19. The van der Waals surface area contributed by atoms with Crippen LogP contribution in [0.1, 0.15) is 25.7 Å². The third-order valence-electron chi connectivity index (χ3n) is 3.43. The van der Waals surface area contributed by atoms with Crippen LogP contribution in [0, 0.1) is 11.3 Å². The van der Waals surface area contributed by atoms with E-state index >= 15 is 0 Å². The molecule has 0 aliphatic heterocycles. The van der Waals surface area contributed by atoms with Crippen LogP contribution in [0.4, 0.5) is 0 Å². The molecule has 2 bridgehead atoms. The van der Waals surface area contributed by atoms with Gasteiger partial charge in [-0.25, -0.2) is 0 Å². The Kier molecular flexibility index (Phi) is 1.29. The van der Waals surface area contributed by atoms with E-state index in [9.17, 15) is 0 Å². The average Bonchev–Trinajstić information content (AvgIpc) is 2.44. The second-order valence-corrected chi connectivity index (χ2v) is 3.97. The summed E-state index contributed by atoms with van der Waals surface area (Å²) in [5.74, 6) is 0.835.